The van der Waals surface area contributed by atoms with Crippen LogP contribution in [0.1, 0.15) is 13.8 Å². The van der Waals surface area contributed by atoms with Gasteiger partial charge in [-0.15, -0.1) is 23.5 Å². The first kappa shape index (κ1) is 15.4. The number of hydrogen-bond donors (Lipinski definition) is 2. The van der Waals surface area contributed by atoms with Crippen molar-refractivity contribution in [1.29, 1.82) is 0 Å². The van der Waals surface area contributed by atoms with Gasteiger partial charge in [0.1, 0.15) is 10.1 Å². The normalized spacial score (nSPS) is 25.9. The third-order valence-corrected chi connectivity index (χ3v) is 4.89. The van der Waals surface area contributed by atoms with Gasteiger partial charge < -0.3 is 10.4 Å². The SMILES string of the molecule is C=C(C)N1C(SC)=C(SC)N(C2=CNCC=C2)[C@@]1(C)O. The average molecular weight is 311 g/mol. The van der Waals surface area contributed by atoms with Gasteiger partial charge in [0.05, 0.1) is 5.70 Å². The monoisotopic (exact) mass is 311 g/mol. The van der Waals surface area contributed by atoms with Crippen LogP contribution in [0.25, 0.3) is 0 Å². The molecule has 0 spiro atoms. The van der Waals surface area contributed by atoms with Crippen molar-refractivity contribution < 1.29 is 5.11 Å². The Hall–Kier alpha value is -0.980. The molecule has 0 radical (unpaired) electrons. The van der Waals surface area contributed by atoms with Gasteiger partial charge in [-0.05, 0) is 25.5 Å². The van der Waals surface area contributed by atoms with Crippen molar-refractivity contribution in [1.82, 2.24) is 15.1 Å². The zero-order valence-electron chi connectivity index (χ0n) is 12.3. The third kappa shape index (κ3) is 2.36. The molecule has 0 aromatic carbocycles. The highest BCUT2D eigenvalue weighted by Gasteiger charge is 2.48. The minimum Gasteiger partial charge on any atom is -0.386 e. The van der Waals surface area contributed by atoms with E-state index in [1.54, 1.807) is 30.4 Å². The van der Waals surface area contributed by atoms with E-state index in [0.717, 1.165) is 28.0 Å². The standard InChI is InChI=1S/C14H21N3OS2/c1-10(2)16-12(19-4)13(20-5)17(14(16,3)18)11-7-6-8-15-9-11/h6-7,9,15,18H,1,8H2,2-5H3/t14-/m0/s1. The van der Waals surface area contributed by atoms with Crippen LogP contribution in [-0.4, -0.2) is 39.8 Å². The van der Waals surface area contributed by atoms with E-state index in [2.05, 4.69) is 11.9 Å². The molecule has 2 rings (SSSR count). The van der Waals surface area contributed by atoms with Gasteiger partial charge in [-0.3, -0.25) is 9.80 Å². The number of thioether (sulfide) groups is 2. The van der Waals surface area contributed by atoms with Crippen molar-refractivity contribution in [2.45, 2.75) is 19.7 Å². The van der Waals surface area contributed by atoms with Gasteiger partial charge in [-0.2, -0.15) is 0 Å². The molecule has 0 saturated carbocycles. The molecular formula is C14H21N3OS2. The smallest absolute Gasteiger partial charge is 0.225 e. The number of nitrogens with one attached hydrogen (secondary N) is 1. The second-order valence-electron chi connectivity index (χ2n) is 4.78. The summed E-state index contributed by atoms with van der Waals surface area (Å²) in [4.78, 5) is 3.83. The lowest BCUT2D eigenvalue weighted by atomic mass is 10.2. The molecule has 0 aromatic rings. The fraction of sp³-hybridized carbons (Fsp3) is 0.429. The predicted octanol–water partition coefficient (Wildman–Crippen LogP) is 2.66. The summed E-state index contributed by atoms with van der Waals surface area (Å²) in [6, 6.07) is 0. The van der Waals surface area contributed by atoms with Crippen molar-refractivity contribution in [3.05, 3.63) is 46.4 Å². The van der Waals surface area contributed by atoms with E-state index in [1.807, 2.05) is 47.6 Å². The van der Waals surface area contributed by atoms with Gasteiger partial charge in [-0.25, -0.2) is 0 Å². The number of nitrogens with zero attached hydrogens (tertiary/aromatic N) is 2. The molecule has 4 nitrogen and oxygen atoms in total. The molecule has 0 fully saturated rings. The van der Waals surface area contributed by atoms with Crippen LogP contribution in [0, 0.1) is 0 Å². The Bertz CT molecular complexity index is 509. The van der Waals surface area contributed by atoms with Gasteiger partial charge in [0.25, 0.3) is 0 Å². The summed E-state index contributed by atoms with van der Waals surface area (Å²) in [5, 5.41) is 16.3. The number of allylic oxidation sites excluding steroid dienone is 2. The molecule has 0 aromatic heterocycles. The van der Waals surface area contributed by atoms with Crippen molar-refractivity contribution in [2.75, 3.05) is 19.1 Å². The maximum absolute atomic E-state index is 11.1. The number of aliphatic hydroxyl groups is 1. The highest BCUT2D eigenvalue weighted by Crippen LogP contribution is 2.48. The van der Waals surface area contributed by atoms with Crippen LogP contribution >= 0.6 is 23.5 Å². The van der Waals surface area contributed by atoms with Crippen molar-refractivity contribution in [2.24, 2.45) is 0 Å². The molecule has 2 aliphatic heterocycles. The predicted molar refractivity (Wildman–Crippen MR) is 88.4 cm³/mol. The Morgan fingerprint density at radius 3 is 2.50 bits per heavy atom. The van der Waals surface area contributed by atoms with Crippen LogP contribution in [0.3, 0.4) is 0 Å². The number of dihydropyridines is 1. The van der Waals surface area contributed by atoms with Crippen molar-refractivity contribution in [3.63, 3.8) is 0 Å². The maximum atomic E-state index is 11.1. The summed E-state index contributed by atoms with van der Waals surface area (Å²) in [6.45, 7) is 8.53. The Kier molecular flexibility index (Phi) is 4.46. The minimum atomic E-state index is -1.16. The lowest BCUT2D eigenvalue weighted by Gasteiger charge is -2.40. The zero-order chi connectivity index (χ0) is 14.9. The highest BCUT2D eigenvalue weighted by atomic mass is 32.2. The summed E-state index contributed by atoms with van der Waals surface area (Å²) >= 11 is 3.25. The molecule has 1 atom stereocenters. The van der Waals surface area contributed by atoms with E-state index in [0.29, 0.717) is 0 Å². The van der Waals surface area contributed by atoms with Crippen molar-refractivity contribution in [3.8, 4) is 0 Å². The summed E-state index contributed by atoms with van der Waals surface area (Å²) in [7, 11) is 0. The Labute approximate surface area is 129 Å². The lowest BCUT2D eigenvalue weighted by Crippen LogP contribution is -2.50. The largest absolute Gasteiger partial charge is 0.386 e. The first-order chi connectivity index (χ1) is 9.45. The molecule has 2 aliphatic rings. The molecule has 0 bridgehead atoms. The van der Waals surface area contributed by atoms with E-state index in [-0.39, 0.29) is 0 Å². The quantitative estimate of drug-likeness (QED) is 0.832. The second kappa shape index (κ2) is 5.79. The van der Waals surface area contributed by atoms with Crippen LogP contribution < -0.4 is 5.32 Å². The second-order valence-corrected chi connectivity index (χ2v) is 6.37. The van der Waals surface area contributed by atoms with Gasteiger partial charge in [-0.1, -0.05) is 12.7 Å². The van der Waals surface area contributed by atoms with Gasteiger partial charge in [0.15, 0.2) is 0 Å². The van der Waals surface area contributed by atoms with Crippen LogP contribution in [0.2, 0.25) is 0 Å². The molecule has 6 heteroatoms. The Morgan fingerprint density at radius 1 is 1.40 bits per heavy atom. The van der Waals surface area contributed by atoms with Crippen LogP contribution in [0.4, 0.5) is 0 Å². The summed E-state index contributed by atoms with van der Waals surface area (Å²) in [5.41, 5.74) is 1.77. The van der Waals surface area contributed by atoms with Crippen molar-refractivity contribution >= 4 is 23.5 Å². The van der Waals surface area contributed by atoms with Gasteiger partial charge in [0.2, 0.25) is 5.85 Å². The molecule has 0 unspecified atom stereocenters. The zero-order valence-corrected chi connectivity index (χ0v) is 13.9. The summed E-state index contributed by atoms with van der Waals surface area (Å²) < 4.78 is 0. The molecule has 0 aliphatic carbocycles. The number of hydrogen-bond acceptors (Lipinski definition) is 6. The molecule has 0 amide bonds. The van der Waals surface area contributed by atoms with E-state index in [9.17, 15) is 5.11 Å². The fourth-order valence-corrected chi connectivity index (χ4v) is 4.53. The van der Waals surface area contributed by atoms with E-state index in [4.69, 9.17) is 0 Å². The minimum absolute atomic E-state index is 0.817. The van der Waals surface area contributed by atoms with E-state index in [1.165, 1.54) is 0 Å². The van der Waals surface area contributed by atoms with Gasteiger partial charge >= 0.3 is 0 Å². The fourth-order valence-electron chi connectivity index (χ4n) is 2.53. The third-order valence-electron chi connectivity index (χ3n) is 3.24. The van der Waals surface area contributed by atoms with Crippen LogP contribution in [0.15, 0.2) is 46.4 Å². The van der Waals surface area contributed by atoms with E-state index >= 15 is 0 Å². The number of rotatable bonds is 4. The topological polar surface area (TPSA) is 38.7 Å². The molecule has 2 N–H and O–H groups in total. The molecule has 0 saturated heterocycles. The first-order valence-corrected chi connectivity index (χ1v) is 8.80. The molecule has 2 heterocycles. The highest BCUT2D eigenvalue weighted by molar-refractivity contribution is 8.06. The Morgan fingerprint density at radius 2 is 2.05 bits per heavy atom. The van der Waals surface area contributed by atoms with Crippen LogP contribution in [-0.2, 0) is 0 Å². The maximum Gasteiger partial charge on any atom is 0.225 e. The first-order valence-electron chi connectivity index (χ1n) is 6.35. The van der Waals surface area contributed by atoms with Crippen LogP contribution in [0.5, 0.6) is 0 Å². The summed E-state index contributed by atoms with van der Waals surface area (Å²) in [6.07, 6.45) is 10.1. The average Bonchev–Trinajstić information content (AvgIpc) is 2.65. The summed E-state index contributed by atoms with van der Waals surface area (Å²) in [5.74, 6) is -1.16. The van der Waals surface area contributed by atoms with Gasteiger partial charge in [0, 0.05) is 25.4 Å². The Balaban J connectivity index is 2.54. The molecule has 110 valence electrons. The molecule has 20 heavy (non-hydrogen) atoms. The molecular weight excluding hydrogens is 290 g/mol. The lowest BCUT2D eigenvalue weighted by molar-refractivity contribution is -0.123. The van der Waals surface area contributed by atoms with E-state index < -0.39 is 5.85 Å².